The highest BCUT2D eigenvalue weighted by Gasteiger charge is 2.19. The molecule has 0 spiro atoms. The highest BCUT2D eigenvalue weighted by molar-refractivity contribution is 5.83. The second-order valence-electron chi connectivity index (χ2n) is 7.20. The van der Waals surface area contributed by atoms with E-state index >= 15 is 0 Å². The summed E-state index contributed by atoms with van der Waals surface area (Å²) in [6.07, 6.45) is 7.18. The van der Waals surface area contributed by atoms with Gasteiger partial charge in [-0.05, 0) is 49.9 Å². The van der Waals surface area contributed by atoms with Crippen LogP contribution in [0.3, 0.4) is 0 Å². The number of aliphatic hydroxyl groups excluding tert-OH is 1. The Morgan fingerprint density at radius 2 is 1.81 bits per heavy atom. The van der Waals surface area contributed by atoms with Crippen molar-refractivity contribution >= 4 is 22.4 Å². The van der Waals surface area contributed by atoms with Gasteiger partial charge in [0, 0.05) is 23.2 Å². The lowest BCUT2D eigenvalue weighted by Crippen LogP contribution is -2.28. The fourth-order valence-corrected chi connectivity index (χ4v) is 3.79. The quantitative estimate of drug-likeness (QED) is 0.584. The van der Waals surface area contributed by atoms with Crippen LogP contribution in [0.5, 0.6) is 0 Å². The van der Waals surface area contributed by atoms with Gasteiger partial charge in [-0.3, -0.25) is 4.98 Å². The zero-order valence-corrected chi connectivity index (χ0v) is 14.9. The normalized spacial score (nSPS) is 20.2. The number of aliphatic hydroxyl groups is 1. The Balaban J connectivity index is 1.49. The summed E-state index contributed by atoms with van der Waals surface area (Å²) in [5.41, 5.74) is 3.70. The molecule has 0 atom stereocenters. The average Bonchev–Trinajstić information content (AvgIpc) is 3.13. The molecule has 4 aromatic rings. The lowest BCUT2D eigenvalue weighted by molar-refractivity contribution is 0.126. The first-order valence-corrected chi connectivity index (χ1v) is 9.41. The third kappa shape index (κ3) is 3.13. The number of para-hydroxylation sites is 1. The number of benzene rings is 1. The van der Waals surface area contributed by atoms with Crippen LogP contribution in [0, 0.1) is 0 Å². The van der Waals surface area contributed by atoms with E-state index in [-0.39, 0.29) is 6.10 Å². The van der Waals surface area contributed by atoms with Gasteiger partial charge in [0.2, 0.25) is 0 Å². The molecule has 0 saturated heterocycles. The number of fused-ring (bicyclic) bond motifs is 2. The van der Waals surface area contributed by atoms with Crippen molar-refractivity contribution in [3.05, 3.63) is 54.9 Å². The largest absolute Gasteiger partial charge is 0.393 e. The van der Waals surface area contributed by atoms with Crippen molar-refractivity contribution in [3.8, 4) is 11.3 Å². The Kier molecular flexibility index (Phi) is 3.98. The fourth-order valence-electron chi connectivity index (χ4n) is 3.79. The maximum atomic E-state index is 9.68. The van der Waals surface area contributed by atoms with Crippen LogP contribution in [0.1, 0.15) is 25.7 Å². The van der Waals surface area contributed by atoms with Crippen LogP contribution in [-0.4, -0.2) is 36.8 Å². The van der Waals surface area contributed by atoms with Crippen LogP contribution in [0.4, 0.5) is 5.82 Å². The number of rotatable bonds is 3. The van der Waals surface area contributed by atoms with Crippen LogP contribution in [0.25, 0.3) is 27.8 Å². The Morgan fingerprint density at radius 3 is 2.70 bits per heavy atom. The second kappa shape index (κ2) is 6.63. The molecule has 1 aliphatic rings. The van der Waals surface area contributed by atoms with Gasteiger partial charge < -0.3 is 10.4 Å². The van der Waals surface area contributed by atoms with E-state index < -0.39 is 0 Å². The zero-order chi connectivity index (χ0) is 18.2. The van der Waals surface area contributed by atoms with E-state index in [1.165, 1.54) is 0 Å². The van der Waals surface area contributed by atoms with Crippen molar-refractivity contribution in [1.82, 2.24) is 19.6 Å². The summed E-state index contributed by atoms with van der Waals surface area (Å²) in [5, 5.41) is 19.0. The molecular weight excluding hydrogens is 338 g/mol. The molecule has 0 radical (unpaired) electrons. The number of pyridine rings is 1. The summed E-state index contributed by atoms with van der Waals surface area (Å²) in [6.45, 7) is 0. The Hall–Kier alpha value is -2.99. The van der Waals surface area contributed by atoms with Gasteiger partial charge in [-0.25, -0.2) is 9.50 Å². The third-order valence-corrected chi connectivity index (χ3v) is 5.30. The Bertz CT molecular complexity index is 1100. The minimum atomic E-state index is -0.154. The SMILES string of the molecule is O[C@H]1CC[C@H](Nc2ccc3ncc(-c4cnc5ccccc5c4)n3n2)CC1. The highest BCUT2D eigenvalue weighted by atomic mass is 16.3. The summed E-state index contributed by atoms with van der Waals surface area (Å²) in [6, 6.07) is 14.5. The van der Waals surface area contributed by atoms with Crippen LogP contribution < -0.4 is 5.32 Å². The van der Waals surface area contributed by atoms with Crippen LogP contribution in [0.2, 0.25) is 0 Å². The molecule has 0 amide bonds. The molecule has 6 nitrogen and oxygen atoms in total. The lowest BCUT2D eigenvalue weighted by atomic mass is 9.93. The first kappa shape index (κ1) is 16.2. The second-order valence-corrected chi connectivity index (χ2v) is 7.20. The van der Waals surface area contributed by atoms with Gasteiger partial charge in [0.25, 0.3) is 0 Å². The summed E-state index contributed by atoms with van der Waals surface area (Å²) < 4.78 is 1.87. The lowest BCUT2D eigenvalue weighted by Gasteiger charge is -2.26. The molecule has 5 rings (SSSR count). The average molecular weight is 359 g/mol. The van der Waals surface area contributed by atoms with Crippen LogP contribution in [-0.2, 0) is 0 Å². The van der Waals surface area contributed by atoms with Crippen molar-refractivity contribution < 1.29 is 5.11 Å². The van der Waals surface area contributed by atoms with Crippen molar-refractivity contribution in [3.63, 3.8) is 0 Å². The minimum Gasteiger partial charge on any atom is -0.393 e. The number of imidazole rings is 1. The maximum absolute atomic E-state index is 9.68. The van der Waals surface area contributed by atoms with Gasteiger partial charge in [0.05, 0.1) is 23.5 Å². The number of nitrogens with one attached hydrogen (secondary N) is 1. The zero-order valence-electron chi connectivity index (χ0n) is 14.9. The first-order chi connectivity index (χ1) is 13.3. The van der Waals surface area contributed by atoms with Crippen molar-refractivity contribution in [2.75, 3.05) is 5.32 Å². The van der Waals surface area contributed by atoms with Crippen molar-refractivity contribution in [2.24, 2.45) is 0 Å². The van der Waals surface area contributed by atoms with Crippen molar-refractivity contribution in [1.29, 1.82) is 0 Å². The predicted octanol–water partition coefficient (Wildman–Crippen LogP) is 3.66. The molecule has 1 aliphatic carbocycles. The van der Waals surface area contributed by atoms with E-state index in [0.29, 0.717) is 6.04 Å². The number of hydrogen-bond donors (Lipinski definition) is 2. The molecule has 136 valence electrons. The predicted molar refractivity (Wildman–Crippen MR) is 106 cm³/mol. The number of aromatic nitrogens is 4. The van der Waals surface area contributed by atoms with Gasteiger partial charge in [-0.2, -0.15) is 0 Å². The summed E-state index contributed by atoms with van der Waals surface area (Å²) in [7, 11) is 0. The fraction of sp³-hybridized carbons (Fsp3) is 0.286. The smallest absolute Gasteiger partial charge is 0.154 e. The van der Waals surface area contributed by atoms with Gasteiger partial charge in [0.15, 0.2) is 5.65 Å². The molecule has 3 aromatic heterocycles. The molecule has 0 bridgehead atoms. The van der Waals surface area contributed by atoms with Crippen molar-refractivity contribution in [2.45, 2.75) is 37.8 Å². The first-order valence-electron chi connectivity index (χ1n) is 9.41. The third-order valence-electron chi connectivity index (χ3n) is 5.30. The molecule has 6 heteroatoms. The molecule has 0 unspecified atom stereocenters. The van der Waals surface area contributed by atoms with Crippen LogP contribution >= 0.6 is 0 Å². The van der Waals surface area contributed by atoms with Gasteiger partial charge in [-0.1, -0.05) is 18.2 Å². The minimum absolute atomic E-state index is 0.154. The molecule has 1 fully saturated rings. The molecular formula is C21H21N5O. The van der Waals surface area contributed by atoms with E-state index in [1.54, 1.807) is 0 Å². The van der Waals surface area contributed by atoms with Gasteiger partial charge in [0.1, 0.15) is 5.82 Å². The molecule has 27 heavy (non-hydrogen) atoms. The van der Waals surface area contributed by atoms with Crippen LogP contribution in [0.15, 0.2) is 54.9 Å². The molecule has 2 N–H and O–H groups in total. The Morgan fingerprint density at radius 1 is 0.963 bits per heavy atom. The topological polar surface area (TPSA) is 75.3 Å². The summed E-state index contributed by atoms with van der Waals surface area (Å²) in [5.74, 6) is 0.830. The number of nitrogens with zero attached hydrogens (tertiary/aromatic N) is 4. The summed E-state index contributed by atoms with van der Waals surface area (Å²) >= 11 is 0. The van der Waals surface area contributed by atoms with E-state index in [9.17, 15) is 5.11 Å². The summed E-state index contributed by atoms with van der Waals surface area (Å²) in [4.78, 5) is 9.04. The molecule has 1 aromatic carbocycles. The van der Waals surface area contributed by atoms with Gasteiger partial charge in [-0.15, -0.1) is 5.10 Å². The Labute approximate surface area is 156 Å². The molecule has 3 heterocycles. The maximum Gasteiger partial charge on any atom is 0.154 e. The van der Waals surface area contributed by atoms with E-state index in [2.05, 4.69) is 27.4 Å². The van der Waals surface area contributed by atoms with E-state index in [1.807, 2.05) is 47.2 Å². The molecule has 1 saturated carbocycles. The monoisotopic (exact) mass is 359 g/mol. The number of hydrogen-bond acceptors (Lipinski definition) is 5. The standard InChI is InChI=1S/C21H21N5O/c27-17-7-5-16(6-8-17)24-20-9-10-21-23-13-19(26(21)25-20)15-11-14-3-1-2-4-18(14)22-12-15/h1-4,9-13,16-17,27H,5-8H2,(H,24,25)/t16-,17-. The van der Waals surface area contributed by atoms with E-state index in [0.717, 1.165) is 59.3 Å². The van der Waals surface area contributed by atoms with Gasteiger partial charge >= 0.3 is 0 Å². The number of anilines is 1. The van der Waals surface area contributed by atoms with E-state index in [4.69, 9.17) is 5.10 Å². The highest BCUT2D eigenvalue weighted by Crippen LogP contribution is 2.25. The molecule has 0 aliphatic heterocycles.